The maximum Gasteiger partial charge on any atom is 0.248 e. The standard InChI is InChI=1S/C31H32FN7O2S2/c1-4-22-9-12-24(38-16-14-34-15-17-38)18-31(22,2)43(40,41)39-20-26(29-25(39)6-5-13-35-29)37(3)30-36-28(27(19-33)42-30)21-7-10-23(32)11-8-21/h5-13,18,20,22,34H,4,14-17H2,1-3H3. The van der Waals surface area contributed by atoms with Crippen molar-refractivity contribution in [2.24, 2.45) is 5.92 Å². The molecular formula is C31H32FN7O2S2. The topological polar surface area (TPSA) is 107 Å². The number of allylic oxidation sites excluding steroid dienone is 2. The monoisotopic (exact) mass is 617 g/mol. The second-order valence-corrected chi connectivity index (χ2v) is 14.1. The molecule has 0 saturated carbocycles. The molecule has 12 heteroatoms. The smallest absolute Gasteiger partial charge is 0.248 e. The Morgan fingerprint density at radius 3 is 2.67 bits per heavy atom. The summed E-state index contributed by atoms with van der Waals surface area (Å²) in [7, 11) is -2.22. The number of nitriles is 1. The molecule has 1 fully saturated rings. The number of hydrogen-bond donors (Lipinski definition) is 1. The lowest BCUT2D eigenvalue weighted by atomic mass is 9.85. The Kier molecular flexibility index (Phi) is 7.58. The largest absolute Gasteiger partial charge is 0.369 e. The van der Waals surface area contributed by atoms with Crippen LogP contribution in [0.2, 0.25) is 0 Å². The van der Waals surface area contributed by atoms with Crippen LogP contribution in [0, 0.1) is 23.1 Å². The van der Waals surface area contributed by atoms with E-state index in [9.17, 15) is 18.1 Å². The third-order valence-corrected chi connectivity index (χ3v) is 11.8. The maximum absolute atomic E-state index is 14.7. The van der Waals surface area contributed by atoms with Crippen LogP contribution < -0.4 is 10.2 Å². The van der Waals surface area contributed by atoms with E-state index >= 15 is 0 Å². The number of fused-ring (bicyclic) bond motifs is 1. The first-order valence-electron chi connectivity index (χ1n) is 14.2. The lowest BCUT2D eigenvalue weighted by Crippen LogP contribution is -2.48. The quantitative estimate of drug-likeness (QED) is 0.299. The van der Waals surface area contributed by atoms with Crippen molar-refractivity contribution >= 4 is 43.2 Å². The second kappa shape index (κ2) is 11.2. The van der Waals surface area contributed by atoms with E-state index in [2.05, 4.69) is 27.3 Å². The van der Waals surface area contributed by atoms with Crippen molar-refractivity contribution in [2.45, 2.75) is 25.0 Å². The van der Waals surface area contributed by atoms with Gasteiger partial charge in [-0.1, -0.05) is 24.3 Å². The van der Waals surface area contributed by atoms with Crippen LogP contribution >= 0.6 is 11.3 Å². The summed E-state index contributed by atoms with van der Waals surface area (Å²) in [6.45, 7) is 7.14. The predicted octanol–water partition coefficient (Wildman–Crippen LogP) is 5.26. The first-order valence-corrected chi connectivity index (χ1v) is 16.4. The number of piperazine rings is 1. The molecule has 9 nitrogen and oxygen atoms in total. The third-order valence-electron chi connectivity index (χ3n) is 8.40. The van der Waals surface area contributed by atoms with E-state index in [1.807, 2.05) is 26.0 Å². The summed E-state index contributed by atoms with van der Waals surface area (Å²) in [6.07, 6.45) is 9.89. The molecule has 3 aromatic heterocycles. The number of aromatic nitrogens is 3. The van der Waals surface area contributed by atoms with Crippen molar-refractivity contribution in [3.05, 3.63) is 83.4 Å². The van der Waals surface area contributed by atoms with E-state index in [0.717, 1.165) is 31.9 Å². The molecule has 0 spiro atoms. The minimum absolute atomic E-state index is 0.227. The Bertz CT molecular complexity index is 1880. The molecular weight excluding hydrogens is 586 g/mol. The van der Waals surface area contributed by atoms with Gasteiger partial charge in [-0.25, -0.2) is 21.8 Å². The number of pyridine rings is 1. The van der Waals surface area contributed by atoms with E-state index in [0.29, 0.717) is 44.4 Å². The van der Waals surface area contributed by atoms with Crippen LogP contribution in [0.4, 0.5) is 15.2 Å². The number of thiazole rings is 1. The molecule has 222 valence electrons. The molecule has 4 heterocycles. The van der Waals surface area contributed by atoms with E-state index in [4.69, 9.17) is 4.98 Å². The van der Waals surface area contributed by atoms with Gasteiger partial charge in [-0.2, -0.15) is 5.26 Å². The average Bonchev–Trinajstić information content (AvgIpc) is 3.64. The van der Waals surface area contributed by atoms with Gasteiger partial charge in [0.25, 0.3) is 0 Å². The van der Waals surface area contributed by atoms with Crippen molar-refractivity contribution in [3.8, 4) is 17.3 Å². The van der Waals surface area contributed by atoms with E-state index in [1.54, 1.807) is 48.6 Å². The molecule has 1 aromatic carbocycles. The summed E-state index contributed by atoms with van der Waals surface area (Å²) in [4.78, 5) is 13.6. The molecule has 2 atom stereocenters. The molecule has 2 aliphatic rings. The zero-order chi connectivity index (χ0) is 30.4. The van der Waals surface area contributed by atoms with Gasteiger partial charge in [-0.05, 0) is 61.9 Å². The fourth-order valence-corrected chi connectivity index (χ4v) is 8.71. The highest BCUT2D eigenvalue weighted by molar-refractivity contribution is 7.91. The van der Waals surface area contributed by atoms with Gasteiger partial charge in [0.05, 0.1) is 11.2 Å². The van der Waals surface area contributed by atoms with Crippen LogP contribution in [0.1, 0.15) is 25.1 Å². The number of nitrogens with zero attached hydrogens (tertiary/aromatic N) is 6. The lowest BCUT2D eigenvalue weighted by molar-refractivity contribution is 0.301. The number of nitrogens with one attached hydrogen (secondary N) is 1. The van der Waals surface area contributed by atoms with Crippen LogP contribution in [0.5, 0.6) is 0 Å². The fraction of sp³-hybridized carbons (Fsp3) is 0.323. The van der Waals surface area contributed by atoms with Gasteiger partial charge in [0.1, 0.15) is 32.7 Å². The maximum atomic E-state index is 14.7. The molecule has 6 rings (SSSR count). The Labute approximate surface area is 254 Å². The lowest BCUT2D eigenvalue weighted by Gasteiger charge is -2.39. The van der Waals surface area contributed by atoms with Crippen LogP contribution in [-0.2, 0) is 10.0 Å². The van der Waals surface area contributed by atoms with Crippen molar-refractivity contribution in [3.63, 3.8) is 0 Å². The SMILES string of the molecule is CCC1C=CC(N2CCNCC2)=CC1(C)S(=O)(=O)n1cc(N(C)c2nc(-c3ccc(F)cc3)c(C#N)s2)c2ncccc21. The first-order chi connectivity index (χ1) is 20.7. The summed E-state index contributed by atoms with van der Waals surface area (Å²) in [5.41, 5.74) is 3.48. The van der Waals surface area contributed by atoms with Gasteiger partial charge >= 0.3 is 0 Å². The summed E-state index contributed by atoms with van der Waals surface area (Å²) in [5, 5.41) is 13.7. The van der Waals surface area contributed by atoms with Gasteiger partial charge in [0.2, 0.25) is 10.0 Å². The van der Waals surface area contributed by atoms with Gasteiger partial charge in [0, 0.05) is 62.8 Å². The molecule has 0 bridgehead atoms. The molecule has 4 aromatic rings. The molecule has 43 heavy (non-hydrogen) atoms. The number of halogens is 1. The summed E-state index contributed by atoms with van der Waals surface area (Å²) in [5.74, 6) is -0.604. The second-order valence-electron chi connectivity index (χ2n) is 10.9. The average molecular weight is 618 g/mol. The molecule has 0 amide bonds. The first kappa shape index (κ1) is 29.0. The highest BCUT2D eigenvalue weighted by Crippen LogP contribution is 2.42. The molecule has 0 radical (unpaired) electrons. The minimum Gasteiger partial charge on any atom is -0.369 e. The van der Waals surface area contributed by atoms with Crippen LogP contribution in [0.3, 0.4) is 0 Å². The zero-order valence-electron chi connectivity index (χ0n) is 24.2. The molecule has 1 aliphatic carbocycles. The Hall–Kier alpha value is -4.05. The summed E-state index contributed by atoms with van der Waals surface area (Å²) in [6, 6.07) is 11.5. The Balaban J connectivity index is 1.45. The van der Waals surface area contributed by atoms with Gasteiger partial charge in [-0.3, -0.25) is 4.98 Å². The zero-order valence-corrected chi connectivity index (χ0v) is 25.8. The fourth-order valence-electron chi connectivity index (χ4n) is 5.89. The van der Waals surface area contributed by atoms with Crippen LogP contribution in [0.15, 0.2) is 72.7 Å². The van der Waals surface area contributed by atoms with Crippen molar-refractivity contribution in [1.82, 2.24) is 24.2 Å². The molecule has 1 aliphatic heterocycles. The molecule has 1 saturated heterocycles. The highest BCUT2D eigenvalue weighted by Gasteiger charge is 2.46. The summed E-state index contributed by atoms with van der Waals surface area (Å²) < 4.78 is 43.2. The molecule has 2 unspecified atom stereocenters. The third kappa shape index (κ3) is 4.91. The van der Waals surface area contributed by atoms with E-state index in [1.165, 1.54) is 27.4 Å². The number of benzene rings is 1. The van der Waals surface area contributed by atoms with Crippen molar-refractivity contribution < 1.29 is 12.8 Å². The highest BCUT2D eigenvalue weighted by atomic mass is 32.2. The predicted molar refractivity (Wildman–Crippen MR) is 168 cm³/mol. The van der Waals surface area contributed by atoms with Crippen LogP contribution in [-0.4, -0.2) is 65.2 Å². The number of anilines is 2. The number of hydrogen-bond acceptors (Lipinski definition) is 9. The summed E-state index contributed by atoms with van der Waals surface area (Å²) >= 11 is 1.18. The minimum atomic E-state index is -4.00. The Morgan fingerprint density at radius 2 is 1.98 bits per heavy atom. The Morgan fingerprint density at radius 1 is 1.23 bits per heavy atom. The van der Waals surface area contributed by atoms with Crippen LogP contribution in [0.25, 0.3) is 22.3 Å². The van der Waals surface area contributed by atoms with Gasteiger partial charge < -0.3 is 15.1 Å². The normalized spacial score (nSPS) is 20.7. The van der Waals surface area contributed by atoms with Crippen molar-refractivity contribution in [2.75, 3.05) is 38.1 Å². The van der Waals surface area contributed by atoms with Gasteiger partial charge in [-0.15, -0.1) is 0 Å². The van der Waals surface area contributed by atoms with E-state index < -0.39 is 14.8 Å². The number of rotatable bonds is 7. The van der Waals surface area contributed by atoms with Gasteiger partial charge in [0.15, 0.2) is 5.13 Å². The molecule has 1 N–H and O–H groups in total. The van der Waals surface area contributed by atoms with E-state index in [-0.39, 0.29) is 11.7 Å². The van der Waals surface area contributed by atoms with Crippen molar-refractivity contribution in [1.29, 1.82) is 5.26 Å².